The number of rotatable bonds is 6. The third-order valence-electron chi connectivity index (χ3n) is 3.81. The average molecular weight is 279 g/mol. The highest BCUT2D eigenvalue weighted by molar-refractivity contribution is 4.87. The highest BCUT2D eigenvalue weighted by Crippen LogP contribution is 2.12. The maximum atomic E-state index is 4.44. The molecule has 1 aliphatic heterocycles. The number of aryl methyl sites for hydroxylation is 1. The van der Waals surface area contributed by atoms with Crippen LogP contribution in [0, 0.1) is 5.92 Å². The van der Waals surface area contributed by atoms with Crippen molar-refractivity contribution in [3.05, 3.63) is 12.2 Å². The molecule has 0 saturated carbocycles. The number of nitrogens with zero attached hydrogens (tertiary/aromatic N) is 4. The second-order valence-corrected chi connectivity index (χ2v) is 6.27. The van der Waals surface area contributed by atoms with Crippen LogP contribution in [0.15, 0.2) is 6.33 Å². The Labute approximate surface area is 122 Å². The number of hydrogen-bond donors (Lipinski definition) is 1. The van der Waals surface area contributed by atoms with E-state index < -0.39 is 0 Å². The third kappa shape index (κ3) is 4.56. The molecule has 0 radical (unpaired) electrons. The Morgan fingerprint density at radius 1 is 1.45 bits per heavy atom. The summed E-state index contributed by atoms with van der Waals surface area (Å²) in [6.45, 7) is 12.1. The molecule has 1 aliphatic rings. The topological polar surface area (TPSA) is 46.0 Å². The molecular formula is C15H29N5. The first kappa shape index (κ1) is 15.4. The van der Waals surface area contributed by atoms with Crippen LogP contribution in [0.5, 0.6) is 0 Å². The molecule has 1 atom stereocenters. The standard InChI is InChI=1S/C15H29N5/c1-4-7-20-15(17-12-18-20)11-19-8-5-6-16-14(10-19)9-13(2)3/h12-14,16H,4-11H2,1-3H3. The zero-order chi connectivity index (χ0) is 14.4. The molecular weight excluding hydrogens is 250 g/mol. The summed E-state index contributed by atoms with van der Waals surface area (Å²) >= 11 is 0. The van der Waals surface area contributed by atoms with E-state index in [0.29, 0.717) is 6.04 Å². The lowest BCUT2D eigenvalue weighted by atomic mass is 10.0. The molecule has 0 aromatic carbocycles. The van der Waals surface area contributed by atoms with Crippen molar-refractivity contribution in [3.8, 4) is 0 Å². The Kier molecular flexibility index (Phi) is 5.98. The second kappa shape index (κ2) is 7.74. The molecule has 114 valence electrons. The lowest BCUT2D eigenvalue weighted by Crippen LogP contribution is -2.38. The average Bonchev–Trinajstić information content (AvgIpc) is 2.69. The van der Waals surface area contributed by atoms with Crippen LogP contribution in [0.1, 0.15) is 45.9 Å². The van der Waals surface area contributed by atoms with Crippen molar-refractivity contribution >= 4 is 0 Å². The van der Waals surface area contributed by atoms with E-state index in [0.717, 1.165) is 50.9 Å². The normalized spacial score (nSPS) is 21.3. The van der Waals surface area contributed by atoms with Crippen molar-refractivity contribution in [1.29, 1.82) is 0 Å². The van der Waals surface area contributed by atoms with Gasteiger partial charge in [0, 0.05) is 19.1 Å². The van der Waals surface area contributed by atoms with Gasteiger partial charge in [-0.1, -0.05) is 20.8 Å². The van der Waals surface area contributed by atoms with Gasteiger partial charge in [0.1, 0.15) is 12.2 Å². The van der Waals surface area contributed by atoms with E-state index in [9.17, 15) is 0 Å². The van der Waals surface area contributed by atoms with Crippen LogP contribution in [0.4, 0.5) is 0 Å². The van der Waals surface area contributed by atoms with Crippen LogP contribution < -0.4 is 5.32 Å². The van der Waals surface area contributed by atoms with Gasteiger partial charge >= 0.3 is 0 Å². The van der Waals surface area contributed by atoms with Crippen molar-refractivity contribution < 1.29 is 0 Å². The molecule has 2 heterocycles. The third-order valence-corrected chi connectivity index (χ3v) is 3.81. The maximum Gasteiger partial charge on any atom is 0.141 e. The molecule has 0 bridgehead atoms. The largest absolute Gasteiger partial charge is 0.313 e. The van der Waals surface area contributed by atoms with Crippen LogP contribution in [-0.4, -0.2) is 45.3 Å². The van der Waals surface area contributed by atoms with Gasteiger partial charge in [-0.05, 0) is 38.3 Å². The smallest absolute Gasteiger partial charge is 0.141 e. The van der Waals surface area contributed by atoms with Crippen molar-refractivity contribution in [2.75, 3.05) is 19.6 Å². The summed E-state index contributed by atoms with van der Waals surface area (Å²) < 4.78 is 2.05. The first-order valence-corrected chi connectivity index (χ1v) is 8.01. The molecule has 1 aromatic rings. The van der Waals surface area contributed by atoms with Crippen LogP contribution >= 0.6 is 0 Å². The lowest BCUT2D eigenvalue weighted by molar-refractivity contribution is 0.238. The minimum Gasteiger partial charge on any atom is -0.313 e. The molecule has 0 spiro atoms. The Bertz CT molecular complexity index is 387. The highest BCUT2D eigenvalue weighted by atomic mass is 15.3. The van der Waals surface area contributed by atoms with Gasteiger partial charge < -0.3 is 5.32 Å². The van der Waals surface area contributed by atoms with Gasteiger partial charge in [0.25, 0.3) is 0 Å². The molecule has 20 heavy (non-hydrogen) atoms. The molecule has 0 aliphatic carbocycles. The monoisotopic (exact) mass is 279 g/mol. The molecule has 2 rings (SSSR count). The van der Waals surface area contributed by atoms with Crippen LogP contribution in [0.3, 0.4) is 0 Å². The highest BCUT2D eigenvalue weighted by Gasteiger charge is 2.20. The van der Waals surface area contributed by atoms with Crippen molar-refractivity contribution in [3.63, 3.8) is 0 Å². The van der Waals surface area contributed by atoms with Crippen molar-refractivity contribution in [1.82, 2.24) is 25.0 Å². The predicted molar refractivity (Wildman–Crippen MR) is 81.5 cm³/mol. The van der Waals surface area contributed by atoms with Gasteiger partial charge in [-0.25, -0.2) is 9.67 Å². The fourth-order valence-corrected chi connectivity index (χ4v) is 2.96. The zero-order valence-electron chi connectivity index (χ0n) is 13.2. The van der Waals surface area contributed by atoms with Gasteiger partial charge in [0.15, 0.2) is 0 Å². The Morgan fingerprint density at radius 2 is 2.30 bits per heavy atom. The lowest BCUT2D eigenvalue weighted by Gasteiger charge is -2.25. The SMILES string of the molecule is CCCn1ncnc1CN1CCCNC(CC(C)C)C1. The summed E-state index contributed by atoms with van der Waals surface area (Å²) in [5.41, 5.74) is 0. The Hall–Kier alpha value is -0.940. The van der Waals surface area contributed by atoms with Gasteiger partial charge in [-0.2, -0.15) is 5.10 Å². The Morgan fingerprint density at radius 3 is 3.05 bits per heavy atom. The van der Waals surface area contributed by atoms with Gasteiger partial charge in [0.2, 0.25) is 0 Å². The summed E-state index contributed by atoms with van der Waals surface area (Å²) in [6.07, 6.45) is 5.26. The molecule has 1 saturated heterocycles. The van der Waals surface area contributed by atoms with E-state index in [2.05, 4.69) is 45.8 Å². The van der Waals surface area contributed by atoms with E-state index in [1.165, 1.54) is 12.8 Å². The van der Waals surface area contributed by atoms with Crippen molar-refractivity contribution in [2.45, 2.75) is 59.2 Å². The quantitative estimate of drug-likeness (QED) is 0.864. The zero-order valence-corrected chi connectivity index (χ0v) is 13.2. The van der Waals surface area contributed by atoms with E-state index in [1.807, 2.05) is 0 Å². The fraction of sp³-hybridized carbons (Fsp3) is 0.867. The molecule has 1 unspecified atom stereocenters. The molecule has 5 nitrogen and oxygen atoms in total. The summed E-state index contributed by atoms with van der Waals surface area (Å²) in [4.78, 5) is 6.97. The molecule has 1 N–H and O–H groups in total. The van der Waals surface area contributed by atoms with E-state index in [-0.39, 0.29) is 0 Å². The molecule has 0 amide bonds. The number of nitrogens with one attached hydrogen (secondary N) is 1. The first-order chi connectivity index (χ1) is 9.69. The minimum atomic E-state index is 0.611. The first-order valence-electron chi connectivity index (χ1n) is 8.01. The minimum absolute atomic E-state index is 0.611. The van der Waals surface area contributed by atoms with E-state index >= 15 is 0 Å². The molecule has 5 heteroatoms. The summed E-state index contributed by atoms with van der Waals surface area (Å²) in [6, 6.07) is 0.611. The van der Waals surface area contributed by atoms with E-state index in [1.54, 1.807) is 6.33 Å². The van der Waals surface area contributed by atoms with Gasteiger partial charge in [-0.15, -0.1) is 0 Å². The van der Waals surface area contributed by atoms with E-state index in [4.69, 9.17) is 0 Å². The molecule has 1 fully saturated rings. The summed E-state index contributed by atoms with van der Waals surface area (Å²) in [5.74, 6) is 1.85. The maximum absolute atomic E-state index is 4.44. The predicted octanol–water partition coefficient (Wildman–Crippen LogP) is 1.90. The van der Waals surface area contributed by atoms with Crippen LogP contribution in [-0.2, 0) is 13.1 Å². The van der Waals surface area contributed by atoms with Gasteiger partial charge in [0.05, 0.1) is 6.54 Å². The summed E-state index contributed by atoms with van der Waals surface area (Å²) in [5, 5.41) is 8.00. The number of hydrogen-bond acceptors (Lipinski definition) is 4. The van der Waals surface area contributed by atoms with Crippen LogP contribution in [0.2, 0.25) is 0 Å². The second-order valence-electron chi connectivity index (χ2n) is 6.27. The van der Waals surface area contributed by atoms with Gasteiger partial charge in [-0.3, -0.25) is 4.90 Å². The molecule has 1 aromatic heterocycles. The van der Waals surface area contributed by atoms with Crippen LogP contribution in [0.25, 0.3) is 0 Å². The Balaban J connectivity index is 1.94. The number of aromatic nitrogens is 3. The fourth-order valence-electron chi connectivity index (χ4n) is 2.96. The summed E-state index contributed by atoms with van der Waals surface area (Å²) in [7, 11) is 0. The van der Waals surface area contributed by atoms with Crippen molar-refractivity contribution in [2.24, 2.45) is 5.92 Å².